The summed E-state index contributed by atoms with van der Waals surface area (Å²) in [6, 6.07) is 9.73. The van der Waals surface area contributed by atoms with E-state index in [2.05, 4.69) is 10.1 Å². The summed E-state index contributed by atoms with van der Waals surface area (Å²) in [7, 11) is 3.64. The van der Waals surface area contributed by atoms with Gasteiger partial charge in [0.05, 0.1) is 19.3 Å². The lowest BCUT2D eigenvalue weighted by Crippen LogP contribution is -2.15. The van der Waals surface area contributed by atoms with E-state index in [9.17, 15) is 0 Å². The number of methoxy groups -OCH3 is 1. The second-order valence-electron chi connectivity index (χ2n) is 4.05. The molecule has 1 aromatic carbocycles. The standard InChI is InChI=1S/C13H17N3O2/c1-16(9-13-6-10(8-14)15-18-13)11-4-3-5-12(7-11)17-2/h3-7H,8-9,14H2,1-2H3. The molecule has 0 unspecified atom stereocenters. The van der Waals surface area contributed by atoms with Crippen LogP contribution in [0.25, 0.3) is 0 Å². The number of anilines is 1. The zero-order chi connectivity index (χ0) is 13.0. The highest BCUT2D eigenvalue weighted by Crippen LogP contribution is 2.21. The van der Waals surface area contributed by atoms with Crippen molar-refractivity contribution in [2.24, 2.45) is 5.73 Å². The highest BCUT2D eigenvalue weighted by Gasteiger charge is 2.08. The fourth-order valence-electron chi connectivity index (χ4n) is 1.70. The Kier molecular flexibility index (Phi) is 3.84. The Morgan fingerprint density at radius 3 is 2.89 bits per heavy atom. The van der Waals surface area contributed by atoms with E-state index in [4.69, 9.17) is 15.0 Å². The predicted molar refractivity (Wildman–Crippen MR) is 69.5 cm³/mol. The topological polar surface area (TPSA) is 64.5 Å². The zero-order valence-corrected chi connectivity index (χ0v) is 10.6. The first-order valence-electron chi connectivity index (χ1n) is 5.72. The first kappa shape index (κ1) is 12.4. The minimum absolute atomic E-state index is 0.395. The van der Waals surface area contributed by atoms with E-state index in [-0.39, 0.29) is 0 Å². The summed E-state index contributed by atoms with van der Waals surface area (Å²) in [5, 5.41) is 3.86. The zero-order valence-electron chi connectivity index (χ0n) is 10.6. The summed E-state index contributed by atoms with van der Waals surface area (Å²) in [6.45, 7) is 1.03. The molecule has 0 radical (unpaired) electrons. The Morgan fingerprint density at radius 1 is 1.39 bits per heavy atom. The van der Waals surface area contributed by atoms with Crippen molar-refractivity contribution in [2.45, 2.75) is 13.1 Å². The third-order valence-corrected chi connectivity index (χ3v) is 2.70. The molecule has 0 aliphatic heterocycles. The van der Waals surface area contributed by atoms with Gasteiger partial charge in [0.25, 0.3) is 0 Å². The maximum atomic E-state index is 5.49. The highest BCUT2D eigenvalue weighted by atomic mass is 16.5. The van der Waals surface area contributed by atoms with Crippen molar-refractivity contribution in [1.29, 1.82) is 0 Å². The van der Waals surface area contributed by atoms with Gasteiger partial charge in [-0.15, -0.1) is 0 Å². The number of hydrogen-bond donors (Lipinski definition) is 1. The highest BCUT2D eigenvalue weighted by molar-refractivity contribution is 5.50. The fraction of sp³-hybridized carbons (Fsp3) is 0.308. The Balaban J connectivity index is 2.08. The third kappa shape index (κ3) is 2.81. The van der Waals surface area contributed by atoms with Gasteiger partial charge < -0.3 is 19.9 Å². The Labute approximate surface area is 106 Å². The van der Waals surface area contributed by atoms with Crippen molar-refractivity contribution in [3.8, 4) is 5.75 Å². The van der Waals surface area contributed by atoms with E-state index in [1.807, 2.05) is 37.4 Å². The maximum Gasteiger partial charge on any atom is 0.156 e. The molecule has 0 fully saturated rings. The molecule has 0 bridgehead atoms. The molecule has 96 valence electrons. The average molecular weight is 247 g/mol. The largest absolute Gasteiger partial charge is 0.497 e. The summed E-state index contributed by atoms with van der Waals surface area (Å²) >= 11 is 0. The van der Waals surface area contributed by atoms with Gasteiger partial charge in [0.1, 0.15) is 5.75 Å². The van der Waals surface area contributed by atoms with Gasteiger partial charge in [-0.25, -0.2) is 0 Å². The predicted octanol–water partition coefficient (Wildman–Crippen LogP) is 1.78. The van der Waals surface area contributed by atoms with E-state index >= 15 is 0 Å². The van der Waals surface area contributed by atoms with Gasteiger partial charge >= 0.3 is 0 Å². The van der Waals surface area contributed by atoms with Crippen LogP contribution in [0.3, 0.4) is 0 Å². The Morgan fingerprint density at radius 2 is 2.22 bits per heavy atom. The van der Waals surface area contributed by atoms with E-state index in [1.54, 1.807) is 7.11 Å². The summed E-state index contributed by atoms with van der Waals surface area (Å²) < 4.78 is 10.4. The molecular weight excluding hydrogens is 230 g/mol. The lowest BCUT2D eigenvalue weighted by Gasteiger charge is -2.18. The molecule has 0 atom stereocenters. The fourth-order valence-corrected chi connectivity index (χ4v) is 1.70. The normalized spacial score (nSPS) is 10.4. The molecule has 0 amide bonds. The maximum absolute atomic E-state index is 5.49. The van der Waals surface area contributed by atoms with Crippen LogP contribution in [-0.4, -0.2) is 19.3 Å². The Hall–Kier alpha value is -2.01. The lowest BCUT2D eigenvalue weighted by molar-refractivity contribution is 0.377. The van der Waals surface area contributed by atoms with Crippen LogP contribution >= 0.6 is 0 Å². The molecule has 5 nitrogen and oxygen atoms in total. The number of ether oxygens (including phenoxy) is 1. The van der Waals surface area contributed by atoms with Crippen LogP contribution in [-0.2, 0) is 13.1 Å². The van der Waals surface area contributed by atoms with Crippen LogP contribution < -0.4 is 15.4 Å². The molecule has 0 saturated heterocycles. The second kappa shape index (κ2) is 5.55. The van der Waals surface area contributed by atoms with E-state index in [1.165, 1.54) is 0 Å². The van der Waals surface area contributed by atoms with E-state index in [0.717, 1.165) is 22.9 Å². The van der Waals surface area contributed by atoms with Crippen LogP contribution in [0.2, 0.25) is 0 Å². The molecule has 0 saturated carbocycles. The second-order valence-corrected chi connectivity index (χ2v) is 4.05. The van der Waals surface area contributed by atoms with Crippen LogP contribution in [0.1, 0.15) is 11.5 Å². The minimum Gasteiger partial charge on any atom is -0.497 e. The smallest absolute Gasteiger partial charge is 0.156 e. The third-order valence-electron chi connectivity index (χ3n) is 2.70. The van der Waals surface area contributed by atoms with Gasteiger partial charge in [0, 0.05) is 31.4 Å². The van der Waals surface area contributed by atoms with Crippen LogP contribution in [0, 0.1) is 0 Å². The van der Waals surface area contributed by atoms with Crippen LogP contribution in [0.4, 0.5) is 5.69 Å². The van der Waals surface area contributed by atoms with Crippen molar-refractivity contribution >= 4 is 5.69 Å². The number of rotatable bonds is 5. The molecular formula is C13H17N3O2. The molecule has 0 spiro atoms. The molecule has 5 heteroatoms. The van der Waals surface area contributed by atoms with Crippen LogP contribution in [0.15, 0.2) is 34.9 Å². The number of aromatic nitrogens is 1. The van der Waals surface area contributed by atoms with Crippen LogP contribution in [0.5, 0.6) is 5.75 Å². The average Bonchev–Trinajstić information content (AvgIpc) is 2.86. The molecule has 0 aliphatic rings. The van der Waals surface area contributed by atoms with Gasteiger partial charge in [0.2, 0.25) is 0 Å². The first-order valence-corrected chi connectivity index (χ1v) is 5.72. The van der Waals surface area contributed by atoms with Crippen molar-refractivity contribution in [1.82, 2.24) is 5.16 Å². The van der Waals surface area contributed by atoms with E-state index in [0.29, 0.717) is 13.1 Å². The van der Waals surface area contributed by atoms with Crippen molar-refractivity contribution < 1.29 is 9.26 Å². The number of nitrogens with zero attached hydrogens (tertiary/aromatic N) is 2. The van der Waals surface area contributed by atoms with Gasteiger partial charge in [-0.3, -0.25) is 0 Å². The molecule has 2 rings (SSSR count). The van der Waals surface area contributed by atoms with Crippen molar-refractivity contribution in [3.63, 3.8) is 0 Å². The SMILES string of the molecule is COc1cccc(N(C)Cc2cc(CN)no2)c1. The number of hydrogen-bond acceptors (Lipinski definition) is 5. The first-order chi connectivity index (χ1) is 8.72. The number of benzene rings is 1. The summed E-state index contributed by atoms with van der Waals surface area (Å²) in [5.41, 5.74) is 7.31. The molecule has 2 N–H and O–H groups in total. The molecule has 2 aromatic rings. The molecule has 1 aromatic heterocycles. The van der Waals surface area contributed by atoms with Crippen molar-refractivity contribution in [3.05, 3.63) is 41.8 Å². The minimum atomic E-state index is 0.395. The van der Waals surface area contributed by atoms with Crippen molar-refractivity contribution in [2.75, 3.05) is 19.1 Å². The summed E-state index contributed by atoms with van der Waals surface area (Å²) in [5.74, 6) is 1.63. The summed E-state index contributed by atoms with van der Waals surface area (Å²) in [4.78, 5) is 2.06. The monoisotopic (exact) mass is 247 g/mol. The number of nitrogens with two attached hydrogens (primary N) is 1. The molecule has 0 aliphatic carbocycles. The Bertz CT molecular complexity index is 510. The van der Waals surface area contributed by atoms with Gasteiger partial charge in [0.15, 0.2) is 5.76 Å². The van der Waals surface area contributed by atoms with Gasteiger partial charge in [-0.05, 0) is 12.1 Å². The summed E-state index contributed by atoms with van der Waals surface area (Å²) in [6.07, 6.45) is 0. The van der Waals surface area contributed by atoms with Gasteiger partial charge in [-0.2, -0.15) is 0 Å². The van der Waals surface area contributed by atoms with Gasteiger partial charge in [-0.1, -0.05) is 11.2 Å². The molecule has 18 heavy (non-hydrogen) atoms. The quantitative estimate of drug-likeness (QED) is 0.872. The lowest BCUT2D eigenvalue weighted by atomic mass is 10.2. The van der Waals surface area contributed by atoms with E-state index < -0.39 is 0 Å². The molecule has 1 heterocycles.